The van der Waals surface area contributed by atoms with Crippen molar-refractivity contribution in [2.45, 2.75) is 37.6 Å². The third kappa shape index (κ3) is 8.74. The lowest BCUT2D eigenvalue weighted by molar-refractivity contribution is -0.142. The molecule has 150 valence electrons. The Kier molecular flexibility index (Phi) is 12.1. The number of aliphatic hydroxyl groups excluding tert-OH is 1. The van der Waals surface area contributed by atoms with Gasteiger partial charge >= 0.3 is 5.97 Å². The summed E-state index contributed by atoms with van der Waals surface area (Å²) in [6.07, 6.45) is 0.796. The summed E-state index contributed by atoms with van der Waals surface area (Å²) < 4.78 is 0. The van der Waals surface area contributed by atoms with Crippen LogP contribution in [0.2, 0.25) is 0 Å². The first kappa shape index (κ1) is 24.5. The molecule has 4 unspecified atom stereocenters. The number of nitrogens with one attached hydrogen (secondary N) is 3. The first-order valence-electron chi connectivity index (χ1n) is 7.78. The van der Waals surface area contributed by atoms with Gasteiger partial charge < -0.3 is 31.9 Å². The molecule has 7 N–H and O–H groups in total. The molecule has 0 saturated carbocycles. The molecule has 3 amide bonds. The zero-order chi connectivity index (χ0) is 20.3. The summed E-state index contributed by atoms with van der Waals surface area (Å²) in [7, 11) is 0. The van der Waals surface area contributed by atoms with Crippen LogP contribution in [0.15, 0.2) is 0 Å². The van der Waals surface area contributed by atoms with Crippen molar-refractivity contribution >= 4 is 48.1 Å². The first-order valence-corrected chi connectivity index (χ1v) is 9.81. The molecule has 0 aliphatic heterocycles. The Morgan fingerprint density at radius 1 is 1.12 bits per heavy atom. The number of carboxylic acid groups (broad SMARTS) is 1. The second kappa shape index (κ2) is 12.8. The predicted molar refractivity (Wildman–Crippen MR) is 101 cm³/mol. The maximum absolute atomic E-state index is 12.2. The molecule has 0 aliphatic rings. The van der Waals surface area contributed by atoms with E-state index in [1.807, 2.05) is 6.26 Å². The van der Waals surface area contributed by atoms with Crippen LogP contribution in [-0.2, 0) is 19.2 Å². The normalized spacial score (nSPS) is 15.3. The van der Waals surface area contributed by atoms with E-state index in [0.29, 0.717) is 5.75 Å². The van der Waals surface area contributed by atoms with Crippen molar-refractivity contribution in [1.29, 1.82) is 0 Å². The van der Waals surface area contributed by atoms with Crippen molar-refractivity contribution in [3.63, 3.8) is 0 Å². The number of thiol groups is 1. The number of nitrogens with two attached hydrogens (primary N) is 1. The highest BCUT2D eigenvalue weighted by Crippen LogP contribution is 2.03. The highest BCUT2D eigenvalue weighted by molar-refractivity contribution is 7.98. The maximum Gasteiger partial charge on any atom is 0.326 e. The van der Waals surface area contributed by atoms with Gasteiger partial charge in [-0.15, -0.1) is 0 Å². The summed E-state index contributed by atoms with van der Waals surface area (Å²) in [5, 5.41) is 25.7. The van der Waals surface area contributed by atoms with Crippen LogP contribution in [0.25, 0.3) is 0 Å². The van der Waals surface area contributed by atoms with Crippen LogP contribution in [0, 0.1) is 0 Å². The van der Waals surface area contributed by atoms with Gasteiger partial charge in [0.15, 0.2) is 0 Å². The van der Waals surface area contributed by atoms with E-state index in [2.05, 4.69) is 28.6 Å². The van der Waals surface area contributed by atoms with E-state index >= 15 is 0 Å². The number of carbonyl (C=O) groups excluding carboxylic acids is 3. The van der Waals surface area contributed by atoms with Gasteiger partial charge in [-0.25, -0.2) is 4.79 Å². The fourth-order valence-electron chi connectivity index (χ4n) is 1.86. The van der Waals surface area contributed by atoms with Crippen LogP contribution in [0.3, 0.4) is 0 Å². The Labute approximate surface area is 161 Å². The predicted octanol–water partition coefficient (Wildman–Crippen LogP) is -2.45. The number of carboxylic acids is 1. The minimum absolute atomic E-state index is 0.107. The number of thioether (sulfide) groups is 1. The van der Waals surface area contributed by atoms with Gasteiger partial charge in [0.05, 0.1) is 12.6 Å². The minimum atomic E-state index is -1.31. The molecule has 4 atom stereocenters. The quantitative estimate of drug-likeness (QED) is 0.174. The summed E-state index contributed by atoms with van der Waals surface area (Å²) >= 11 is 5.42. The zero-order valence-electron chi connectivity index (χ0n) is 14.6. The third-order valence-corrected chi connectivity index (χ3v) is 4.32. The van der Waals surface area contributed by atoms with Crippen LogP contribution in [0.1, 0.15) is 13.3 Å². The smallest absolute Gasteiger partial charge is 0.326 e. The van der Waals surface area contributed by atoms with Gasteiger partial charge in [0.2, 0.25) is 17.7 Å². The second-order valence-corrected chi connectivity index (χ2v) is 6.77. The number of aliphatic hydroxyl groups is 1. The molecule has 12 heteroatoms. The molecule has 0 aliphatic carbocycles. The van der Waals surface area contributed by atoms with E-state index < -0.39 is 47.9 Å². The number of aliphatic carboxylic acids is 1. The molecule has 0 aromatic carbocycles. The number of rotatable bonds is 12. The Hall–Kier alpha value is -1.50. The van der Waals surface area contributed by atoms with Crippen molar-refractivity contribution in [2.24, 2.45) is 5.73 Å². The molecular weight excluding hydrogens is 384 g/mol. The minimum Gasteiger partial charge on any atom is -0.480 e. The van der Waals surface area contributed by atoms with Crippen LogP contribution in [0.4, 0.5) is 0 Å². The SMILES string of the molecule is CSCCC(NC(=O)C(CS)NC(=O)C(NC(=O)CN)C(C)O)C(=O)O. The molecule has 0 aromatic heterocycles. The van der Waals surface area contributed by atoms with Gasteiger partial charge in [-0.2, -0.15) is 24.4 Å². The second-order valence-electron chi connectivity index (χ2n) is 5.41. The highest BCUT2D eigenvalue weighted by Gasteiger charge is 2.30. The Balaban J connectivity index is 4.97. The molecule has 10 nitrogen and oxygen atoms in total. The van der Waals surface area contributed by atoms with Gasteiger partial charge in [0.1, 0.15) is 18.1 Å². The van der Waals surface area contributed by atoms with Crippen molar-refractivity contribution < 1.29 is 29.4 Å². The number of hydrogen-bond acceptors (Lipinski definition) is 8. The first-order chi connectivity index (χ1) is 12.2. The van der Waals surface area contributed by atoms with Crippen molar-refractivity contribution in [2.75, 3.05) is 24.3 Å². The number of carbonyl (C=O) groups is 4. The fraction of sp³-hybridized carbons (Fsp3) is 0.714. The van der Waals surface area contributed by atoms with Crippen molar-refractivity contribution in [1.82, 2.24) is 16.0 Å². The van der Waals surface area contributed by atoms with Gasteiger partial charge in [-0.1, -0.05) is 0 Å². The lowest BCUT2D eigenvalue weighted by Gasteiger charge is -2.24. The third-order valence-electron chi connectivity index (χ3n) is 3.31. The molecule has 0 fully saturated rings. The zero-order valence-corrected chi connectivity index (χ0v) is 16.3. The largest absolute Gasteiger partial charge is 0.480 e. The maximum atomic E-state index is 12.2. The summed E-state index contributed by atoms with van der Waals surface area (Å²) in [5.74, 6) is -2.95. The number of amides is 3. The fourth-order valence-corrected chi connectivity index (χ4v) is 2.59. The lowest BCUT2D eigenvalue weighted by atomic mass is 10.1. The molecule has 26 heavy (non-hydrogen) atoms. The Morgan fingerprint density at radius 2 is 1.69 bits per heavy atom. The van der Waals surface area contributed by atoms with Crippen molar-refractivity contribution in [3.05, 3.63) is 0 Å². The van der Waals surface area contributed by atoms with Gasteiger partial charge in [0.25, 0.3) is 0 Å². The summed E-state index contributed by atoms with van der Waals surface area (Å²) in [4.78, 5) is 47.0. The average Bonchev–Trinajstić information content (AvgIpc) is 2.59. The summed E-state index contributed by atoms with van der Waals surface area (Å²) in [5.41, 5.74) is 5.16. The molecular formula is C14H26N4O6S2. The molecule has 0 saturated heterocycles. The molecule has 0 rings (SSSR count). The molecule has 0 aromatic rings. The van der Waals surface area contributed by atoms with Gasteiger partial charge in [-0.05, 0) is 25.4 Å². The van der Waals surface area contributed by atoms with E-state index in [0.717, 1.165) is 0 Å². The van der Waals surface area contributed by atoms with E-state index in [9.17, 15) is 24.3 Å². The van der Waals surface area contributed by atoms with Crippen LogP contribution in [-0.4, -0.2) is 82.4 Å². The van der Waals surface area contributed by atoms with E-state index in [1.165, 1.54) is 18.7 Å². The molecule has 0 spiro atoms. The Morgan fingerprint density at radius 3 is 2.12 bits per heavy atom. The van der Waals surface area contributed by atoms with Crippen LogP contribution >= 0.6 is 24.4 Å². The topological polar surface area (TPSA) is 171 Å². The van der Waals surface area contributed by atoms with Gasteiger partial charge in [-0.3, -0.25) is 14.4 Å². The van der Waals surface area contributed by atoms with E-state index in [-0.39, 0.29) is 18.7 Å². The van der Waals surface area contributed by atoms with Crippen LogP contribution < -0.4 is 21.7 Å². The average molecular weight is 411 g/mol. The van der Waals surface area contributed by atoms with E-state index in [4.69, 9.17) is 10.8 Å². The number of hydrogen-bond donors (Lipinski definition) is 7. The standard InChI is InChI=1S/C14H26N4O6S2/c1-7(19)11(18-10(20)5-15)13(22)17-9(6-25)12(21)16-8(14(23)24)3-4-26-2/h7-9,11,19,25H,3-6,15H2,1-2H3,(H,16,21)(H,17,22)(H,18,20)(H,23,24). The van der Waals surface area contributed by atoms with Crippen LogP contribution in [0.5, 0.6) is 0 Å². The lowest BCUT2D eigenvalue weighted by Crippen LogP contribution is -2.59. The van der Waals surface area contributed by atoms with Crippen molar-refractivity contribution in [3.8, 4) is 0 Å². The van der Waals surface area contributed by atoms with Gasteiger partial charge in [0, 0.05) is 5.75 Å². The summed E-state index contributed by atoms with van der Waals surface area (Å²) in [6, 6.07) is -3.55. The monoisotopic (exact) mass is 410 g/mol. The molecule has 0 radical (unpaired) electrons. The molecule has 0 bridgehead atoms. The Bertz CT molecular complexity index is 506. The summed E-state index contributed by atoms with van der Waals surface area (Å²) in [6.45, 7) is 0.919. The molecule has 0 heterocycles. The highest BCUT2D eigenvalue weighted by atomic mass is 32.2. The van der Waals surface area contributed by atoms with E-state index in [1.54, 1.807) is 0 Å².